The fourth-order valence-electron chi connectivity index (χ4n) is 3.09. The lowest BCUT2D eigenvalue weighted by Crippen LogP contribution is -2.37. The maximum atomic E-state index is 13.8. The van der Waals surface area contributed by atoms with Crippen molar-refractivity contribution in [2.45, 2.75) is 13.3 Å². The van der Waals surface area contributed by atoms with Crippen molar-refractivity contribution < 1.29 is 14.0 Å². The molecule has 1 heterocycles. The van der Waals surface area contributed by atoms with Crippen molar-refractivity contribution in [2.24, 2.45) is 0 Å². The van der Waals surface area contributed by atoms with E-state index in [2.05, 4.69) is 0 Å². The summed E-state index contributed by atoms with van der Waals surface area (Å²) in [6, 6.07) is 13.5. The molecule has 0 unspecified atom stereocenters. The van der Waals surface area contributed by atoms with Gasteiger partial charge in [-0.15, -0.1) is 0 Å². The molecule has 5 heteroatoms. The Kier molecular flexibility index (Phi) is 5.12. The van der Waals surface area contributed by atoms with Crippen LogP contribution in [0.1, 0.15) is 32.7 Å². The normalized spacial score (nSPS) is 15.0. The van der Waals surface area contributed by atoms with Crippen molar-refractivity contribution in [1.29, 1.82) is 0 Å². The highest BCUT2D eigenvalue weighted by Crippen LogP contribution is 2.14. The van der Waals surface area contributed by atoms with E-state index in [0.717, 1.165) is 5.56 Å². The number of amides is 2. The van der Waals surface area contributed by atoms with E-state index in [1.807, 2.05) is 31.2 Å². The molecule has 3 rings (SSSR count). The molecule has 4 nitrogen and oxygen atoms in total. The summed E-state index contributed by atoms with van der Waals surface area (Å²) in [5.74, 6) is -0.851. The van der Waals surface area contributed by atoms with Crippen molar-refractivity contribution in [3.05, 3.63) is 71.0 Å². The lowest BCUT2D eigenvalue weighted by atomic mass is 10.1. The molecule has 2 aromatic rings. The Morgan fingerprint density at radius 2 is 1.56 bits per heavy atom. The summed E-state index contributed by atoms with van der Waals surface area (Å²) in [5.41, 5.74) is 1.78. The average molecular weight is 340 g/mol. The molecule has 0 N–H and O–H groups in total. The van der Waals surface area contributed by atoms with Gasteiger partial charge in [-0.1, -0.05) is 29.8 Å². The summed E-state index contributed by atoms with van der Waals surface area (Å²) in [5, 5.41) is 0. The van der Waals surface area contributed by atoms with Crippen molar-refractivity contribution >= 4 is 11.8 Å². The molecule has 0 radical (unpaired) electrons. The van der Waals surface area contributed by atoms with Crippen LogP contribution in [0.4, 0.5) is 4.39 Å². The summed E-state index contributed by atoms with van der Waals surface area (Å²) in [6.45, 7) is 3.92. The third-order valence-corrected chi connectivity index (χ3v) is 4.44. The van der Waals surface area contributed by atoms with Crippen LogP contribution in [0.3, 0.4) is 0 Å². The van der Waals surface area contributed by atoms with Crippen LogP contribution in [0, 0.1) is 12.7 Å². The molecule has 0 bridgehead atoms. The van der Waals surface area contributed by atoms with Gasteiger partial charge in [0.1, 0.15) is 5.82 Å². The van der Waals surface area contributed by atoms with Crippen molar-refractivity contribution in [2.75, 3.05) is 26.2 Å². The van der Waals surface area contributed by atoms with Gasteiger partial charge in [0.05, 0.1) is 5.56 Å². The third-order valence-electron chi connectivity index (χ3n) is 4.44. The number of hydrogen-bond acceptors (Lipinski definition) is 2. The van der Waals surface area contributed by atoms with Gasteiger partial charge in [0.2, 0.25) is 0 Å². The Morgan fingerprint density at radius 3 is 2.24 bits per heavy atom. The first-order valence-corrected chi connectivity index (χ1v) is 8.46. The topological polar surface area (TPSA) is 40.6 Å². The lowest BCUT2D eigenvalue weighted by molar-refractivity contribution is 0.0716. The van der Waals surface area contributed by atoms with E-state index in [0.29, 0.717) is 38.2 Å². The van der Waals surface area contributed by atoms with Gasteiger partial charge in [0.25, 0.3) is 11.8 Å². The molecule has 0 atom stereocenters. The molecule has 0 spiro atoms. The molecule has 0 saturated carbocycles. The van der Waals surface area contributed by atoms with E-state index in [9.17, 15) is 14.0 Å². The molecule has 1 aliphatic heterocycles. The van der Waals surface area contributed by atoms with Gasteiger partial charge in [-0.2, -0.15) is 0 Å². The van der Waals surface area contributed by atoms with E-state index in [-0.39, 0.29) is 17.4 Å². The SMILES string of the molecule is Cc1cccc(C(=O)N2CCCN(C(=O)c3ccccc3F)CC2)c1. The predicted octanol–water partition coefficient (Wildman–Crippen LogP) is 3.12. The van der Waals surface area contributed by atoms with Gasteiger partial charge in [-0.05, 0) is 37.6 Å². The Labute approximate surface area is 146 Å². The first kappa shape index (κ1) is 17.1. The van der Waals surface area contributed by atoms with Gasteiger partial charge in [0.15, 0.2) is 0 Å². The van der Waals surface area contributed by atoms with Gasteiger partial charge in [-0.25, -0.2) is 4.39 Å². The lowest BCUT2D eigenvalue weighted by Gasteiger charge is -2.22. The molecule has 1 saturated heterocycles. The van der Waals surface area contributed by atoms with Crippen molar-refractivity contribution in [3.8, 4) is 0 Å². The van der Waals surface area contributed by atoms with E-state index in [4.69, 9.17) is 0 Å². The minimum Gasteiger partial charge on any atom is -0.337 e. The number of benzene rings is 2. The van der Waals surface area contributed by atoms with Crippen LogP contribution < -0.4 is 0 Å². The van der Waals surface area contributed by atoms with Crippen LogP contribution in [-0.4, -0.2) is 47.8 Å². The zero-order valence-electron chi connectivity index (χ0n) is 14.2. The van der Waals surface area contributed by atoms with Crippen LogP contribution in [-0.2, 0) is 0 Å². The summed E-state index contributed by atoms with van der Waals surface area (Å²) < 4.78 is 13.8. The zero-order chi connectivity index (χ0) is 17.8. The van der Waals surface area contributed by atoms with Gasteiger partial charge in [-0.3, -0.25) is 9.59 Å². The molecule has 2 amide bonds. The maximum absolute atomic E-state index is 13.8. The second-order valence-corrected chi connectivity index (χ2v) is 6.29. The Hall–Kier alpha value is -2.69. The zero-order valence-corrected chi connectivity index (χ0v) is 14.2. The van der Waals surface area contributed by atoms with E-state index < -0.39 is 5.82 Å². The highest BCUT2D eigenvalue weighted by Gasteiger charge is 2.24. The standard InChI is InChI=1S/C20H21FN2O2/c1-15-6-4-7-16(14-15)19(24)22-10-5-11-23(13-12-22)20(25)17-8-2-3-9-18(17)21/h2-4,6-9,14H,5,10-13H2,1H3. The number of rotatable bonds is 2. The Morgan fingerprint density at radius 1 is 0.880 bits per heavy atom. The number of nitrogens with zero attached hydrogens (tertiary/aromatic N) is 2. The summed E-state index contributed by atoms with van der Waals surface area (Å²) >= 11 is 0. The molecule has 0 aromatic heterocycles. The fraction of sp³-hybridized carbons (Fsp3) is 0.300. The van der Waals surface area contributed by atoms with E-state index in [1.54, 1.807) is 21.9 Å². The predicted molar refractivity (Wildman–Crippen MR) is 94.0 cm³/mol. The van der Waals surface area contributed by atoms with Crippen LogP contribution in [0.2, 0.25) is 0 Å². The molecular formula is C20H21FN2O2. The Bertz CT molecular complexity index is 791. The van der Waals surface area contributed by atoms with E-state index >= 15 is 0 Å². The Balaban J connectivity index is 1.69. The van der Waals surface area contributed by atoms with Crippen LogP contribution >= 0.6 is 0 Å². The fourth-order valence-corrected chi connectivity index (χ4v) is 3.09. The van der Waals surface area contributed by atoms with Gasteiger partial charge >= 0.3 is 0 Å². The highest BCUT2D eigenvalue weighted by atomic mass is 19.1. The highest BCUT2D eigenvalue weighted by molar-refractivity contribution is 5.95. The largest absolute Gasteiger partial charge is 0.337 e. The summed E-state index contributed by atoms with van der Waals surface area (Å²) in [7, 11) is 0. The molecule has 1 fully saturated rings. The molecule has 1 aliphatic rings. The van der Waals surface area contributed by atoms with E-state index in [1.165, 1.54) is 12.1 Å². The minimum absolute atomic E-state index is 0.0242. The molecule has 0 aliphatic carbocycles. The summed E-state index contributed by atoms with van der Waals surface area (Å²) in [4.78, 5) is 28.6. The number of carbonyl (C=O) groups is 2. The number of hydrogen-bond donors (Lipinski definition) is 0. The second kappa shape index (κ2) is 7.47. The maximum Gasteiger partial charge on any atom is 0.256 e. The molecular weight excluding hydrogens is 319 g/mol. The minimum atomic E-state index is -0.510. The number of aryl methyl sites for hydroxylation is 1. The number of carbonyl (C=O) groups excluding carboxylic acids is 2. The first-order chi connectivity index (χ1) is 12.1. The smallest absolute Gasteiger partial charge is 0.256 e. The molecule has 130 valence electrons. The third kappa shape index (κ3) is 3.87. The van der Waals surface area contributed by atoms with Crippen LogP contribution in [0.5, 0.6) is 0 Å². The molecule has 2 aromatic carbocycles. The van der Waals surface area contributed by atoms with Crippen molar-refractivity contribution in [1.82, 2.24) is 9.80 Å². The second-order valence-electron chi connectivity index (χ2n) is 6.29. The van der Waals surface area contributed by atoms with Crippen molar-refractivity contribution in [3.63, 3.8) is 0 Å². The average Bonchev–Trinajstić information content (AvgIpc) is 2.87. The van der Waals surface area contributed by atoms with Crippen LogP contribution in [0.15, 0.2) is 48.5 Å². The van der Waals surface area contributed by atoms with Gasteiger partial charge < -0.3 is 9.80 Å². The van der Waals surface area contributed by atoms with Crippen LogP contribution in [0.25, 0.3) is 0 Å². The summed E-state index contributed by atoms with van der Waals surface area (Å²) in [6.07, 6.45) is 0.678. The first-order valence-electron chi connectivity index (χ1n) is 8.46. The number of halogens is 1. The monoisotopic (exact) mass is 340 g/mol. The molecule has 25 heavy (non-hydrogen) atoms. The van der Waals surface area contributed by atoms with Gasteiger partial charge in [0, 0.05) is 31.7 Å². The quantitative estimate of drug-likeness (QED) is 0.843.